The van der Waals surface area contributed by atoms with Crippen LogP contribution in [0.5, 0.6) is 11.5 Å². The molecule has 2 atom stereocenters. The second-order valence-electron chi connectivity index (χ2n) is 4.76. The average molecular weight is 267 g/mol. The molecule has 0 spiro atoms. The summed E-state index contributed by atoms with van der Waals surface area (Å²) in [7, 11) is 3.22. The lowest BCUT2D eigenvalue weighted by Crippen LogP contribution is -2.25. The van der Waals surface area contributed by atoms with E-state index in [1.165, 1.54) is 0 Å². The Morgan fingerprint density at radius 1 is 1.32 bits per heavy atom. The molecule has 0 fully saturated rings. The average Bonchev–Trinajstić information content (AvgIpc) is 2.44. The van der Waals surface area contributed by atoms with Gasteiger partial charge in [0.25, 0.3) is 0 Å². The van der Waals surface area contributed by atoms with Gasteiger partial charge in [-0.25, -0.2) is 0 Å². The molecule has 0 aromatic heterocycles. The summed E-state index contributed by atoms with van der Waals surface area (Å²) >= 11 is 0. The van der Waals surface area contributed by atoms with E-state index < -0.39 is 6.10 Å². The van der Waals surface area contributed by atoms with Crippen LogP contribution >= 0.6 is 0 Å². The maximum Gasteiger partial charge on any atom is 0.130 e. The third kappa shape index (κ3) is 2.54. The number of nitrogens with two attached hydrogens (primary N) is 1. The first-order chi connectivity index (χ1) is 9.10. The van der Waals surface area contributed by atoms with E-state index in [0.29, 0.717) is 24.5 Å². The standard InChI is InChI=1S/C14H21NO4/c1-8(15)13(16)10-6-12(17-2)9-4-5-19-7-11(9)14(10)18-3/h6,8,13,16H,4-5,7,15H2,1-3H3. The van der Waals surface area contributed by atoms with Crippen LogP contribution in [0.3, 0.4) is 0 Å². The molecular weight excluding hydrogens is 246 g/mol. The van der Waals surface area contributed by atoms with Gasteiger partial charge in [0, 0.05) is 22.7 Å². The van der Waals surface area contributed by atoms with Crippen LogP contribution in [0.25, 0.3) is 0 Å². The first-order valence-corrected chi connectivity index (χ1v) is 6.38. The molecule has 106 valence electrons. The molecule has 2 unspecified atom stereocenters. The van der Waals surface area contributed by atoms with E-state index >= 15 is 0 Å². The lowest BCUT2D eigenvalue weighted by Gasteiger charge is -2.26. The summed E-state index contributed by atoms with van der Waals surface area (Å²) in [5.41, 5.74) is 8.47. The molecule has 1 aliphatic rings. The van der Waals surface area contributed by atoms with Crippen molar-refractivity contribution < 1.29 is 19.3 Å². The highest BCUT2D eigenvalue weighted by Gasteiger charge is 2.26. The third-order valence-corrected chi connectivity index (χ3v) is 3.47. The van der Waals surface area contributed by atoms with E-state index in [1.807, 2.05) is 6.07 Å². The zero-order chi connectivity index (χ0) is 14.0. The second-order valence-corrected chi connectivity index (χ2v) is 4.76. The van der Waals surface area contributed by atoms with Gasteiger partial charge in [-0.05, 0) is 19.4 Å². The Kier molecular flexibility index (Phi) is 4.29. The van der Waals surface area contributed by atoms with Crippen LogP contribution in [0.4, 0.5) is 0 Å². The number of rotatable bonds is 4. The highest BCUT2D eigenvalue weighted by atomic mass is 16.5. The number of benzene rings is 1. The van der Waals surface area contributed by atoms with Crippen LogP contribution in [0, 0.1) is 0 Å². The summed E-state index contributed by atoms with van der Waals surface area (Å²) in [6.07, 6.45) is -0.0141. The molecule has 5 heteroatoms. The van der Waals surface area contributed by atoms with Crippen LogP contribution in [-0.2, 0) is 17.8 Å². The summed E-state index contributed by atoms with van der Waals surface area (Å²) in [5.74, 6) is 1.41. The van der Waals surface area contributed by atoms with E-state index in [1.54, 1.807) is 21.1 Å². The van der Waals surface area contributed by atoms with Gasteiger partial charge in [-0.2, -0.15) is 0 Å². The van der Waals surface area contributed by atoms with Gasteiger partial charge in [0.05, 0.1) is 33.5 Å². The third-order valence-electron chi connectivity index (χ3n) is 3.47. The molecular formula is C14H21NO4. The lowest BCUT2D eigenvalue weighted by atomic mass is 9.93. The maximum absolute atomic E-state index is 10.2. The van der Waals surface area contributed by atoms with Gasteiger partial charge in [0.2, 0.25) is 0 Å². The molecule has 0 saturated heterocycles. The minimum absolute atomic E-state index is 0.388. The van der Waals surface area contributed by atoms with Crippen molar-refractivity contribution in [2.75, 3.05) is 20.8 Å². The van der Waals surface area contributed by atoms with Gasteiger partial charge in [0.1, 0.15) is 11.5 Å². The Hall–Kier alpha value is -1.30. The molecule has 5 nitrogen and oxygen atoms in total. The summed E-state index contributed by atoms with van der Waals surface area (Å²) in [6.45, 7) is 2.89. The molecule has 0 amide bonds. The maximum atomic E-state index is 10.2. The lowest BCUT2D eigenvalue weighted by molar-refractivity contribution is 0.105. The Morgan fingerprint density at radius 3 is 2.63 bits per heavy atom. The summed E-state index contributed by atoms with van der Waals surface area (Å²) < 4.78 is 16.4. The fraction of sp³-hybridized carbons (Fsp3) is 0.571. The van der Waals surface area contributed by atoms with Crippen LogP contribution in [0.1, 0.15) is 29.7 Å². The van der Waals surface area contributed by atoms with Crippen molar-refractivity contribution in [2.24, 2.45) is 5.73 Å². The number of fused-ring (bicyclic) bond motifs is 1. The highest BCUT2D eigenvalue weighted by Crippen LogP contribution is 2.40. The number of hydrogen-bond donors (Lipinski definition) is 2. The Balaban J connectivity index is 2.60. The molecule has 1 heterocycles. The molecule has 0 saturated carbocycles. The second kappa shape index (κ2) is 5.77. The fourth-order valence-electron chi connectivity index (χ4n) is 2.46. The van der Waals surface area contributed by atoms with E-state index in [0.717, 1.165) is 23.3 Å². The van der Waals surface area contributed by atoms with Gasteiger partial charge < -0.3 is 25.1 Å². The van der Waals surface area contributed by atoms with Gasteiger partial charge in [0.15, 0.2) is 0 Å². The predicted octanol–water partition coefficient (Wildman–Crippen LogP) is 1.16. The normalized spacial score (nSPS) is 17.5. The van der Waals surface area contributed by atoms with Gasteiger partial charge in [-0.15, -0.1) is 0 Å². The minimum atomic E-state index is -0.795. The fourth-order valence-corrected chi connectivity index (χ4v) is 2.46. The van der Waals surface area contributed by atoms with Crippen molar-refractivity contribution >= 4 is 0 Å². The molecule has 0 radical (unpaired) electrons. The van der Waals surface area contributed by atoms with Crippen molar-refractivity contribution in [2.45, 2.75) is 32.1 Å². The summed E-state index contributed by atoms with van der Waals surface area (Å²) in [5, 5.41) is 10.2. The minimum Gasteiger partial charge on any atom is -0.496 e. The summed E-state index contributed by atoms with van der Waals surface area (Å²) in [4.78, 5) is 0. The number of ether oxygens (including phenoxy) is 3. The zero-order valence-electron chi connectivity index (χ0n) is 11.6. The monoisotopic (exact) mass is 267 g/mol. The number of hydrogen-bond acceptors (Lipinski definition) is 5. The smallest absolute Gasteiger partial charge is 0.130 e. The van der Waals surface area contributed by atoms with E-state index in [-0.39, 0.29) is 6.04 Å². The molecule has 0 bridgehead atoms. The first kappa shape index (κ1) is 14.1. The van der Waals surface area contributed by atoms with Gasteiger partial charge in [-0.1, -0.05) is 0 Å². The molecule has 1 aromatic carbocycles. The van der Waals surface area contributed by atoms with Crippen LogP contribution in [-0.4, -0.2) is 32.0 Å². The molecule has 19 heavy (non-hydrogen) atoms. The van der Waals surface area contributed by atoms with Crippen molar-refractivity contribution in [3.63, 3.8) is 0 Å². The quantitative estimate of drug-likeness (QED) is 0.856. The Morgan fingerprint density at radius 2 is 2.05 bits per heavy atom. The van der Waals surface area contributed by atoms with Crippen molar-refractivity contribution in [1.82, 2.24) is 0 Å². The number of aliphatic hydroxyl groups is 1. The van der Waals surface area contributed by atoms with Crippen molar-refractivity contribution in [3.05, 3.63) is 22.8 Å². The van der Waals surface area contributed by atoms with Gasteiger partial charge >= 0.3 is 0 Å². The number of aliphatic hydroxyl groups excluding tert-OH is 1. The van der Waals surface area contributed by atoms with Crippen molar-refractivity contribution in [3.8, 4) is 11.5 Å². The molecule has 1 aliphatic heterocycles. The topological polar surface area (TPSA) is 73.9 Å². The van der Waals surface area contributed by atoms with Crippen molar-refractivity contribution in [1.29, 1.82) is 0 Å². The first-order valence-electron chi connectivity index (χ1n) is 6.38. The van der Waals surface area contributed by atoms with Crippen LogP contribution < -0.4 is 15.2 Å². The zero-order valence-corrected chi connectivity index (χ0v) is 11.6. The Bertz CT molecular complexity index is 459. The molecule has 2 rings (SSSR count). The Labute approximate surface area is 113 Å². The molecule has 3 N–H and O–H groups in total. The van der Waals surface area contributed by atoms with E-state index in [2.05, 4.69) is 0 Å². The predicted molar refractivity (Wildman–Crippen MR) is 71.5 cm³/mol. The van der Waals surface area contributed by atoms with E-state index in [4.69, 9.17) is 19.9 Å². The number of methoxy groups -OCH3 is 2. The largest absolute Gasteiger partial charge is 0.496 e. The van der Waals surface area contributed by atoms with Crippen LogP contribution in [0.2, 0.25) is 0 Å². The molecule has 0 aliphatic carbocycles. The van der Waals surface area contributed by atoms with Crippen LogP contribution in [0.15, 0.2) is 6.07 Å². The van der Waals surface area contributed by atoms with Gasteiger partial charge in [-0.3, -0.25) is 0 Å². The van der Waals surface area contributed by atoms with E-state index in [9.17, 15) is 5.11 Å². The summed E-state index contributed by atoms with van der Waals surface area (Å²) in [6, 6.07) is 1.43. The highest BCUT2D eigenvalue weighted by molar-refractivity contribution is 5.55. The molecule has 1 aromatic rings. The SMILES string of the molecule is COc1cc(C(O)C(C)N)c(OC)c2c1CCOC2.